The van der Waals surface area contributed by atoms with Crippen LogP contribution in [0.4, 0.5) is 0 Å². The van der Waals surface area contributed by atoms with Crippen molar-refractivity contribution in [2.24, 2.45) is 0 Å². The van der Waals surface area contributed by atoms with Crippen LogP contribution in [0.15, 0.2) is 30.3 Å². The second kappa shape index (κ2) is 8.50. The minimum absolute atomic E-state index is 0.0854. The fraction of sp³-hybridized carbons (Fsp3) is 0.455. The van der Waals surface area contributed by atoms with E-state index in [2.05, 4.69) is 4.98 Å². The van der Waals surface area contributed by atoms with E-state index in [4.69, 9.17) is 16.3 Å². The monoisotopic (exact) mass is 402 g/mol. The number of aliphatic hydroxyl groups is 1. The number of amides is 1. The molecule has 2 heterocycles. The van der Waals surface area contributed by atoms with E-state index in [1.807, 2.05) is 45.0 Å². The highest BCUT2D eigenvalue weighted by atomic mass is 35.5. The van der Waals surface area contributed by atoms with Gasteiger partial charge in [-0.25, -0.2) is 4.98 Å². The van der Waals surface area contributed by atoms with Crippen molar-refractivity contribution < 1.29 is 14.6 Å². The molecule has 1 aliphatic rings. The van der Waals surface area contributed by atoms with Gasteiger partial charge < -0.3 is 14.7 Å². The maximum Gasteiger partial charge on any atom is 0.272 e. The third-order valence-electron chi connectivity index (χ3n) is 5.23. The average Bonchev–Trinajstić information content (AvgIpc) is 2.86. The number of hydrogen-bond acceptors (Lipinski definition) is 4. The minimum Gasteiger partial charge on any atom is -0.491 e. The molecule has 3 rings (SSSR count). The Kier molecular flexibility index (Phi) is 6.26. The van der Waals surface area contributed by atoms with E-state index >= 15 is 0 Å². The summed E-state index contributed by atoms with van der Waals surface area (Å²) in [6, 6.07) is 9.22. The molecule has 0 spiro atoms. The van der Waals surface area contributed by atoms with Gasteiger partial charge in [-0.3, -0.25) is 4.79 Å². The quantitative estimate of drug-likeness (QED) is 0.836. The summed E-state index contributed by atoms with van der Waals surface area (Å²) >= 11 is 6.21. The van der Waals surface area contributed by atoms with Gasteiger partial charge >= 0.3 is 0 Å². The summed E-state index contributed by atoms with van der Waals surface area (Å²) in [7, 11) is 0. The molecule has 1 aromatic carbocycles. The van der Waals surface area contributed by atoms with Crippen molar-refractivity contribution in [3.8, 4) is 5.75 Å². The first-order valence-electron chi connectivity index (χ1n) is 9.62. The summed E-state index contributed by atoms with van der Waals surface area (Å²) in [5.74, 6) is 0.617. The minimum atomic E-state index is -0.962. The van der Waals surface area contributed by atoms with Crippen LogP contribution < -0.4 is 4.74 Å². The lowest BCUT2D eigenvalue weighted by atomic mass is 9.96. The molecule has 1 fully saturated rings. The molecule has 0 aliphatic carbocycles. The summed E-state index contributed by atoms with van der Waals surface area (Å²) < 4.78 is 5.89. The number of benzene rings is 1. The molecular formula is C22H27ClN2O3. The van der Waals surface area contributed by atoms with Crippen LogP contribution in [-0.2, 0) is 0 Å². The van der Waals surface area contributed by atoms with Gasteiger partial charge in [-0.05, 0) is 75.4 Å². The Morgan fingerprint density at radius 3 is 2.61 bits per heavy atom. The van der Waals surface area contributed by atoms with E-state index in [9.17, 15) is 9.90 Å². The maximum atomic E-state index is 12.7. The van der Waals surface area contributed by atoms with Crippen LogP contribution in [0, 0.1) is 20.8 Å². The lowest BCUT2D eigenvalue weighted by Gasteiger charge is -2.27. The predicted octanol–water partition coefficient (Wildman–Crippen LogP) is 4.10. The van der Waals surface area contributed by atoms with Crippen LogP contribution in [0.3, 0.4) is 0 Å². The Balaban J connectivity index is 1.63. The van der Waals surface area contributed by atoms with Crippen molar-refractivity contribution in [2.45, 2.75) is 45.6 Å². The molecule has 1 N–H and O–H groups in total. The molecular weight excluding hydrogens is 376 g/mol. The molecule has 1 unspecified atom stereocenters. The summed E-state index contributed by atoms with van der Waals surface area (Å²) in [5, 5.41) is 11.8. The van der Waals surface area contributed by atoms with Crippen LogP contribution in [-0.4, -0.2) is 46.2 Å². The van der Waals surface area contributed by atoms with E-state index in [0.29, 0.717) is 37.4 Å². The Morgan fingerprint density at radius 1 is 1.21 bits per heavy atom. The van der Waals surface area contributed by atoms with Gasteiger partial charge in [0.15, 0.2) is 0 Å². The highest BCUT2D eigenvalue weighted by Gasteiger charge is 2.33. The van der Waals surface area contributed by atoms with Gasteiger partial charge in [0, 0.05) is 23.8 Å². The number of aromatic nitrogens is 1. The number of carbonyl (C=O) groups excluding carboxylic acids is 1. The first-order valence-corrected chi connectivity index (χ1v) is 10.0. The molecule has 2 aromatic rings. The Labute approximate surface area is 171 Å². The van der Waals surface area contributed by atoms with Crippen LogP contribution in [0.5, 0.6) is 5.75 Å². The molecule has 0 radical (unpaired) electrons. The van der Waals surface area contributed by atoms with E-state index in [1.165, 1.54) is 0 Å². The lowest BCUT2D eigenvalue weighted by Crippen LogP contribution is -2.38. The van der Waals surface area contributed by atoms with E-state index in [0.717, 1.165) is 28.3 Å². The summed E-state index contributed by atoms with van der Waals surface area (Å²) in [6.07, 6.45) is 1.77. The highest BCUT2D eigenvalue weighted by molar-refractivity contribution is 6.32. The number of ether oxygens (including phenoxy) is 1. The van der Waals surface area contributed by atoms with E-state index in [-0.39, 0.29) is 12.5 Å². The second-order valence-corrected chi connectivity index (χ2v) is 8.07. The number of likely N-dealkylation sites (tertiary alicyclic amines) is 1. The number of nitrogens with zero attached hydrogens (tertiary/aromatic N) is 2. The molecule has 1 aliphatic heterocycles. The number of pyridine rings is 1. The van der Waals surface area contributed by atoms with Gasteiger partial charge in [-0.2, -0.15) is 0 Å². The fourth-order valence-electron chi connectivity index (χ4n) is 3.56. The third-order valence-corrected chi connectivity index (χ3v) is 5.83. The van der Waals surface area contributed by atoms with Gasteiger partial charge in [0.2, 0.25) is 0 Å². The average molecular weight is 403 g/mol. The number of carbonyl (C=O) groups is 1. The Morgan fingerprint density at radius 2 is 1.93 bits per heavy atom. The third kappa shape index (κ3) is 4.83. The fourth-order valence-corrected chi connectivity index (χ4v) is 3.67. The zero-order valence-corrected chi connectivity index (χ0v) is 17.4. The van der Waals surface area contributed by atoms with Crippen molar-refractivity contribution >= 4 is 17.5 Å². The van der Waals surface area contributed by atoms with Crippen molar-refractivity contribution in [1.82, 2.24) is 9.88 Å². The second-order valence-electron chi connectivity index (χ2n) is 7.69. The van der Waals surface area contributed by atoms with Crippen molar-refractivity contribution in [3.05, 3.63) is 57.9 Å². The molecule has 0 saturated carbocycles. The molecule has 1 aromatic heterocycles. The standard InChI is InChI=1S/C22H27ClN2O3/c1-15-12-18(13-16(2)20(15)23)28-14-22(27)8-5-10-25(11-9-22)21(26)19-7-4-6-17(3)24-19/h4,6-7,12-13,27H,5,8-11,14H2,1-3H3. The van der Waals surface area contributed by atoms with Crippen LogP contribution >= 0.6 is 11.6 Å². The molecule has 150 valence electrons. The summed E-state index contributed by atoms with van der Waals surface area (Å²) in [6.45, 7) is 7.02. The van der Waals surface area contributed by atoms with Crippen LogP contribution in [0.25, 0.3) is 0 Å². The number of rotatable bonds is 4. The Hall–Kier alpha value is -2.11. The summed E-state index contributed by atoms with van der Waals surface area (Å²) in [4.78, 5) is 18.8. The van der Waals surface area contributed by atoms with Gasteiger partial charge in [0.1, 0.15) is 23.7 Å². The molecule has 0 bridgehead atoms. The van der Waals surface area contributed by atoms with Gasteiger partial charge in [0.05, 0.1) is 0 Å². The number of halogens is 1. The SMILES string of the molecule is Cc1cccc(C(=O)N2CCCC(O)(COc3cc(C)c(Cl)c(C)c3)CC2)n1. The number of hydrogen-bond donors (Lipinski definition) is 1. The van der Waals surface area contributed by atoms with Gasteiger partial charge in [-0.1, -0.05) is 17.7 Å². The smallest absolute Gasteiger partial charge is 0.272 e. The zero-order chi connectivity index (χ0) is 20.3. The maximum absolute atomic E-state index is 12.7. The molecule has 1 saturated heterocycles. The topological polar surface area (TPSA) is 62.7 Å². The molecule has 6 heteroatoms. The van der Waals surface area contributed by atoms with Crippen molar-refractivity contribution in [3.63, 3.8) is 0 Å². The zero-order valence-electron chi connectivity index (χ0n) is 16.7. The lowest BCUT2D eigenvalue weighted by molar-refractivity contribution is -0.0163. The first kappa shape index (κ1) is 20.6. The molecule has 28 heavy (non-hydrogen) atoms. The molecule has 1 atom stereocenters. The van der Waals surface area contributed by atoms with Crippen molar-refractivity contribution in [2.75, 3.05) is 19.7 Å². The number of aryl methyl sites for hydroxylation is 3. The molecule has 5 nitrogen and oxygen atoms in total. The van der Waals surface area contributed by atoms with Crippen LogP contribution in [0.1, 0.15) is 46.6 Å². The normalized spacial score (nSPS) is 20.0. The van der Waals surface area contributed by atoms with Gasteiger partial charge in [-0.15, -0.1) is 0 Å². The van der Waals surface area contributed by atoms with Gasteiger partial charge in [0.25, 0.3) is 5.91 Å². The highest BCUT2D eigenvalue weighted by Crippen LogP contribution is 2.28. The van der Waals surface area contributed by atoms with Crippen molar-refractivity contribution in [1.29, 1.82) is 0 Å². The van der Waals surface area contributed by atoms with E-state index in [1.54, 1.807) is 11.0 Å². The first-order chi connectivity index (χ1) is 13.3. The molecule has 1 amide bonds. The Bertz CT molecular complexity index is 848. The summed E-state index contributed by atoms with van der Waals surface area (Å²) in [5.41, 5.74) is 2.21. The largest absolute Gasteiger partial charge is 0.491 e. The van der Waals surface area contributed by atoms with Crippen LogP contribution in [0.2, 0.25) is 5.02 Å². The van der Waals surface area contributed by atoms with E-state index < -0.39 is 5.60 Å². The predicted molar refractivity (Wildman–Crippen MR) is 110 cm³/mol.